The van der Waals surface area contributed by atoms with E-state index in [-0.39, 0.29) is 6.42 Å². The summed E-state index contributed by atoms with van der Waals surface area (Å²) in [7, 11) is 0. The number of carboxylic acid groups (broad SMARTS) is 2. The van der Waals surface area contributed by atoms with Crippen molar-refractivity contribution in [2.24, 2.45) is 11.8 Å². The minimum Gasteiger partial charge on any atom is -0.481 e. The van der Waals surface area contributed by atoms with E-state index in [1.165, 1.54) is 0 Å². The van der Waals surface area contributed by atoms with E-state index in [1.807, 2.05) is 37.3 Å². The highest BCUT2D eigenvalue weighted by molar-refractivity contribution is 5.92. The number of carbonyl (C=O) groups is 2. The molecular formula is C13H20N2O4. The van der Waals surface area contributed by atoms with Gasteiger partial charge in [0.15, 0.2) is 5.92 Å². The molecule has 1 rings (SSSR count). The summed E-state index contributed by atoms with van der Waals surface area (Å²) in [5, 5.41) is 16.8. The van der Waals surface area contributed by atoms with Gasteiger partial charge in [-0.3, -0.25) is 15.4 Å². The molecule has 1 aromatic rings. The molecule has 0 aliphatic heterocycles. The molecular weight excluding hydrogens is 248 g/mol. The lowest BCUT2D eigenvalue weighted by molar-refractivity contribution is -0.154. The van der Waals surface area contributed by atoms with Crippen LogP contribution in [0.25, 0.3) is 0 Å². The van der Waals surface area contributed by atoms with Crippen LogP contribution in [-0.4, -0.2) is 22.2 Å². The van der Waals surface area contributed by atoms with E-state index in [1.54, 1.807) is 0 Å². The van der Waals surface area contributed by atoms with Crippen LogP contribution in [-0.2, 0) is 9.59 Å². The maximum absolute atomic E-state index is 10.3. The van der Waals surface area contributed by atoms with Crippen LogP contribution in [0.1, 0.15) is 26.2 Å². The molecule has 106 valence electrons. The first-order valence-corrected chi connectivity index (χ1v) is 6.00. The van der Waals surface area contributed by atoms with E-state index in [0.29, 0.717) is 6.42 Å². The number of rotatable bonds is 6. The van der Waals surface area contributed by atoms with Gasteiger partial charge in [-0.25, -0.2) is 0 Å². The van der Waals surface area contributed by atoms with Crippen LogP contribution >= 0.6 is 0 Å². The number of benzene rings is 1. The number of hydrogen-bond donors (Lipinski definition) is 4. The number of nitrogens with two attached hydrogens (primary N) is 1. The van der Waals surface area contributed by atoms with Crippen molar-refractivity contribution >= 4 is 17.6 Å². The molecule has 19 heavy (non-hydrogen) atoms. The lowest BCUT2D eigenvalue weighted by Gasteiger charge is -2.04. The largest absolute Gasteiger partial charge is 0.481 e. The Morgan fingerprint density at radius 2 is 1.74 bits per heavy atom. The monoisotopic (exact) mass is 268 g/mol. The quantitative estimate of drug-likeness (QED) is 0.356. The van der Waals surface area contributed by atoms with Crippen molar-refractivity contribution in [3.63, 3.8) is 0 Å². The van der Waals surface area contributed by atoms with Crippen LogP contribution in [0, 0.1) is 5.92 Å². The highest BCUT2D eigenvalue weighted by Crippen LogP contribution is 2.08. The molecule has 0 aromatic heterocycles. The van der Waals surface area contributed by atoms with Crippen molar-refractivity contribution in [1.82, 2.24) is 0 Å². The zero-order valence-electron chi connectivity index (χ0n) is 10.9. The van der Waals surface area contributed by atoms with Crippen molar-refractivity contribution in [3.8, 4) is 0 Å². The van der Waals surface area contributed by atoms with Crippen molar-refractivity contribution in [1.29, 1.82) is 0 Å². The topological polar surface area (TPSA) is 113 Å². The summed E-state index contributed by atoms with van der Waals surface area (Å²) in [4.78, 5) is 20.5. The summed E-state index contributed by atoms with van der Waals surface area (Å²) in [5.41, 5.74) is 3.46. The van der Waals surface area contributed by atoms with Crippen LogP contribution in [0.4, 0.5) is 5.69 Å². The molecule has 6 nitrogen and oxygen atoms in total. The summed E-state index contributed by atoms with van der Waals surface area (Å²) in [5.74, 6) is 1.38. The highest BCUT2D eigenvalue weighted by atomic mass is 16.4. The predicted molar refractivity (Wildman–Crippen MR) is 72.5 cm³/mol. The lowest BCUT2D eigenvalue weighted by atomic mass is 10.0. The maximum Gasteiger partial charge on any atom is 0.317 e. The Morgan fingerprint density at radius 1 is 1.21 bits per heavy atom. The van der Waals surface area contributed by atoms with Gasteiger partial charge in [0.05, 0.1) is 0 Å². The third-order valence-corrected chi connectivity index (χ3v) is 2.38. The Kier molecular flexibility index (Phi) is 8.82. The van der Waals surface area contributed by atoms with Crippen LogP contribution in [0.3, 0.4) is 0 Å². The Hall–Kier alpha value is -2.08. The number of nitrogen functional groups attached to an aromatic ring is 1. The number of nitrogens with one attached hydrogen (secondary N) is 1. The molecule has 0 amide bonds. The summed E-state index contributed by atoms with van der Waals surface area (Å²) in [6.45, 7) is 1.89. The third-order valence-electron chi connectivity index (χ3n) is 2.38. The summed E-state index contributed by atoms with van der Waals surface area (Å²) >= 11 is 0. The number of unbranched alkanes of at least 4 members (excludes halogenated alkanes) is 1. The second-order valence-corrected chi connectivity index (χ2v) is 3.88. The average Bonchev–Trinajstić information content (AvgIpc) is 2.40. The fraction of sp³-hybridized carbons (Fsp3) is 0.385. The Morgan fingerprint density at radius 3 is 2.05 bits per heavy atom. The first kappa shape index (κ1) is 16.9. The average molecular weight is 268 g/mol. The standard InChI is InChI=1S/C7H12O4.C6H8N2/c1-2-3-4-5(6(8)9)7(10)11;7-8-6-4-2-1-3-5-6/h5H,2-4H2,1H3,(H,8,9)(H,10,11);1-5,8H,7H2. The second-order valence-electron chi connectivity index (χ2n) is 3.88. The molecule has 0 aliphatic rings. The molecule has 6 heteroatoms. The normalized spacial score (nSPS) is 9.42. The molecule has 0 radical (unpaired) electrons. The first-order chi connectivity index (χ1) is 9.02. The van der Waals surface area contributed by atoms with Crippen LogP contribution < -0.4 is 11.3 Å². The molecule has 0 aliphatic carbocycles. The van der Waals surface area contributed by atoms with Crippen molar-refractivity contribution < 1.29 is 19.8 Å². The van der Waals surface area contributed by atoms with Gasteiger partial charge in [0.2, 0.25) is 0 Å². The third kappa shape index (κ3) is 7.77. The van der Waals surface area contributed by atoms with Gasteiger partial charge in [0.25, 0.3) is 0 Å². The van der Waals surface area contributed by atoms with Gasteiger partial charge in [-0.1, -0.05) is 38.0 Å². The molecule has 0 saturated heterocycles. The molecule has 5 N–H and O–H groups in total. The summed E-state index contributed by atoms with van der Waals surface area (Å²) < 4.78 is 0. The molecule has 0 bridgehead atoms. The first-order valence-electron chi connectivity index (χ1n) is 6.00. The molecule has 0 spiro atoms. The van der Waals surface area contributed by atoms with Gasteiger partial charge >= 0.3 is 11.9 Å². The number of para-hydroxylation sites is 1. The maximum atomic E-state index is 10.3. The Bertz CT molecular complexity index is 367. The Labute approximate surface area is 112 Å². The Balaban J connectivity index is 0.000000356. The number of hydrazine groups is 1. The van der Waals surface area contributed by atoms with Gasteiger partial charge in [-0.2, -0.15) is 0 Å². The van der Waals surface area contributed by atoms with Gasteiger partial charge in [0, 0.05) is 5.69 Å². The van der Waals surface area contributed by atoms with E-state index in [4.69, 9.17) is 16.1 Å². The minimum atomic E-state index is -1.24. The van der Waals surface area contributed by atoms with Crippen molar-refractivity contribution in [2.45, 2.75) is 26.2 Å². The minimum absolute atomic E-state index is 0.223. The molecule has 0 atom stereocenters. The predicted octanol–water partition coefficient (Wildman–Crippen LogP) is 1.93. The lowest BCUT2D eigenvalue weighted by Crippen LogP contribution is -2.22. The molecule has 0 unspecified atom stereocenters. The van der Waals surface area contributed by atoms with Gasteiger partial charge < -0.3 is 15.6 Å². The second kappa shape index (κ2) is 9.90. The van der Waals surface area contributed by atoms with Crippen LogP contribution in [0.5, 0.6) is 0 Å². The van der Waals surface area contributed by atoms with E-state index in [9.17, 15) is 9.59 Å². The van der Waals surface area contributed by atoms with Crippen molar-refractivity contribution in [3.05, 3.63) is 30.3 Å². The fourth-order valence-corrected chi connectivity index (χ4v) is 1.30. The molecule has 0 heterocycles. The SMILES string of the molecule is CCCCC(C(=O)O)C(=O)O.NNc1ccccc1. The van der Waals surface area contributed by atoms with E-state index >= 15 is 0 Å². The van der Waals surface area contributed by atoms with E-state index in [2.05, 4.69) is 5.43 Å². The fourth-order valence-electron chi connectivity index (χ4n) is 1.30. The van der Waals surface area contributed by atoms with Crippen LogP contribution in [0.15, 0.2) is 30.3 Å². The number of carboxylic acids is 2. The van der Waals surface area contributed by atoms with Crippen molar-refractivity contribution in [2.75, 3.05) is 5.43 Å². The van der Waals surface area contributed by atoms with E-state index < -0.39 is 17.9 Å². The zero-order chi connectivity index (χ0) is 14.7. The highest BCUT2D eigenvalue weighted by Gasteiger charge is 2.24. The molecule has 0 saturated carbocycles. The molecule has 0 fully saturated rings. The van der Waals surface area contributed by atoms with Gasteiger partial charge in [-0.05, 0) is 18.6 Å². The van der Waals surface area contributed by atoms with E-state index in [0.717, 1.165) is 12.1 Å². The number of anilines is 1. The van der Waals surface area contributed by atoms with Gasteiger partial charge in [0.1, 0.15) is 0 Å². The molecule has 1 aromatic carbocycles. The smallest absolute Gasteiger partial charge is 0.317 e. The van der Waals surface area contributed by atoms with Gasteiger partial charge in [-0.15, -0.1) is 0 Å². The number of aliphatic carboxylic acids is 2. The van der Waals surface area contributed by atoms with Crippen LogP contribution in [0.2, 0.25) is 0 Å². The number of hydrogen-bond acceptors (Lipinski definition) is 4. The summed E-state index contributed by atoms with van der Waals surface area (Å²) in [6.07, 6.45) is 1.68. The zero-order valence-corrected chi connectivity index (χ0v) is 10.9. The summed E-state index contributed by atoms with van der Waals surface area (Å²) in [6, 6.07) is 9.60.